The number of rotatable bonds is 7. The van der Waals surface area contributed by atoms with E-state index in [4.69, 9.17) is 4.74 Å². The molecule has 3 heterocycles. The van der Waals surface area contributed by atoms with Gasteiger partial charge >= 0.3 is 0 Å². The second-order valence-electron chi connectivity index (χ2n) is 6.58. The molecule has 1 aromatic rings. The quantitative estimate of drug-likeness (QED) is 0.765. The SMILES string of the molecule is C[C@H](NC[C@H]1CCCN1c1cccnn1)C(=O)NC[C@H]1CCCO1. The first-order valence-corrected chi connectivity index (χ1v) is 8.91. The summed E-state index contributed by atoms with van der Waals surface area (Å²) in [7, 11) is 0. The predicted molar refractivity (Wildman–Crippen MR) is 91.8 cm³/mol. The first kappa shape index (κ1) is 17.1. The van der Waals surface area contributed by atoms with E-state index in [0.717, 1.165) is 51.2 Å². The number of nitrogens with one attached hydrogen (secondary N) is 2. The van der Waals surface area contributed by atoms with Crippen LogP contribution in [0.15, 0.2) is 18.3 Å². The van der Waals surface area contributed by atoms with E-state index in [1.54, 1.807) is 6.20 Å². The van der Waals surface area contributed by atoms with E-state index in [1.807, 2.05) is 19.1 Å². The van der Waals surface area contributed by atoms with Crippen LogP contribution in [0.5, 0.6) is 0 Å². The highest BCUT2D eigenvalue weighted by Crippen LogP contribution is 2.22. The molecule has 0 unspecified atom stereocenters. The van der Waals surface area contributed by atoms with Crippen LogP contribution in [0.4, 0.5) is 5.82 Å². The van der Waals surface area contributed by atoms with E-state index in [0.29, 0.717) is 12.6 Å². The predicted octanol–water partition coefficient (Wildman–Crippen LogP) is 0.719. The normalized spacial score (nSPS) is 25.0. The first-order valence-electron chi connectivity index (χ1n) is 8.91. The minimum Gasteiger partial charge on any atom is -0.376 e. The fourth-order valence-electron chi connectivity index (χ4n) is 3.37. The third kappa shape index (κ3) is 4.42. The molecule has 0 spiro atoms. The van der Waals surface area contributed by atoms with E-state index < -0.39 is 0 Å². The van der Waals surface area contributed by atoms with E-state index in [1.165, 1.54) is 0 Å². The molecule has 0 aliphatic carbocycles. The molecule has 2 saturated heterocycles. The molecule has 7 heteroatoms. The van der Waals surface area contributed by atoms with Crippen LogP contribution in [-0.4, -0.2) is 60.5 Å². The van der Waals surface area contributed by atoms with Gasteiger partial charge in [-0.2, -0.15) is 5.10 Å². The van der Waals surface area contributed by atoms with Crippen molar-refractivity contribution in [3.63, 3.8) is 0 Å². The van der Waals surface area contributed by atoms with Gasteiger partial charge < -0.3 is 20.3 Å². The summed E-state index contributed by atoms with van der Waals surface area (Å²) in [5, 5.41) is 14.5. The molecule has 132 valence electrons. The molecule has 2 aliphatic rings. The zero-order valence-electron chi connectivity index (χ0n) is 14.3. The van der Waals surface area contributed by atoms with Gasteiger partial charge in [-0.3, -0.25) is 4.79 Å². The molecule has 3 rings (SSSR count). The topological polar surface area (TPSA) is 79.4 Å². The number of anilines is 1. The lowest BCUT2D eigenvalue weighted by Gasteiger charge is -2.26. The lowest BCUT2D eigenvalue weighted by Crippen LogP contribution is -2.48. The highest BCUT2D eigenvalue weighted by atomic mass is 16.5. The van der Waals surface area contributed by atoms with Gasteiger partial charge in [0, 0.05) is 38.5 Å². The number of amides is 1. The Morgan fingerprint density at radius 1 is 1.42 bits per heavy atom. The molecule has 0 saturated carbocycles. The molecule has 2 aliphatic heterocycles. The summed E-state index contributed by atoms with van der Waals surface area (Å²) in [5.41, 5.74) is 0. The Hall–Kier alpha value is -1.73. The molecule has 0 radical (unpaired) electrons. The number of carbonyl (C=O) groups excluding carboxylic acids is 1. The molecule has 24 heavy (non-hydrogen) atoms. The van der Waals surface area contributed by atoms with Gasteiger partial charge in [0.05, 0.1) is 12.1 Å². The first-order chi connectivity index (χ1) is 11.7. The Labute approximate surface area is 143 Å². The molecule has 0 bridgehead atoms. The van der Waals surface area contributed by atoms with Crippen molar-refractivity contribution in [1.82, 2.24) is 20.8 Å². The fraction of sp³-hybridized carbons (Fsp3) is 0.706. The van der Waals surface area contributed by atoms with E-state index in [2.05, 4.69) is 25.7 Å². The molecule has 3 atom stereocenters. The zero-order chi connectivity index (χ0) is 16.8. The zero-order valence-corrected chi connectivity index (χ0v) is 14.3. The molecule has 7 nitrogen and oxygen atoms in total. The van der Waals surface area contributed by atoms with Crippen molar-refractivity contribution in [3.8, 4) is 0 Å². The Balaban J connectivity index is 1.43. The highest BCUT2D eigenvalue weighted by molar-refractivity contribution is 5.81. The third-order valence-corrected chi connectivity index (χ3v) is 4.81. The van der Waals surface area contributed by atoms with Gasteiger partial charge in [0.25, 0.3) is 0 Å². The van der Waals surface area contributed by atoms with Crippen molar-refractivity contribution in [2.45, 2.75) is 50.8 Å². The molecular formula is C17H27N5O2. The van der Waals surface area contributed by atoms with Crippen molar-refractivity contribution < 1.29 is 9.53 Å². The van der Waals surface area contributed by atoms with Gasteiger partial charge in [-0.05, 0) is 44.7 Å². The van der Waals surface area contributed by atoms with Gasteiger partial charge in [-0.25, -0.2) is 0 Å². The fourth-order valence-corrected chi connectivity index (χ4v) is 3.37. The van der Waals surface area contributed by atoms with Crippen LogP contribution < -0.4 is 15.5 Å². The van der Waals surface area contributed by atoms with Crippen LogP contribution >= 0.6 is 0 Å². The van der Waals surface area contributed by atoms with Gasteiger partial charge in [0.15, 0.2) is 5.82 Å². The van der Waals surface area contributed by atoms with Crippen LogP contribution in [0.1, 0.15) is 32.6 Å². The second-order valence-corrected chi connectivity index (χ2v) is 6.58. The van der Waals surface area contributed by atoms with Crippen molar-refractivity contribution in [2.75, 3.05) is 31.1 Å². The summed E-state index contributed by atoms with van der Waals surface area (Å²) in [6, 6.07) is 4.04. The number of hydrogen-bond donors (Lipinski definition) is 2. The standard InChI is InChI=1S/C17H27N5O2/c1-13(17(23)19-12-15-6-4-10-24-15)18-11-14-5-3-9-22(14)16-7-2-8-20-21-16/h2,7-8,13-15,18H,3-6,9-12H2,1H3,(H,19,23)/t13-,14+,15+/m0/s1. The smallest absolute Gasteiger partial charge is 0.236 e. The summed E-state index contributed by atoms with van der Waals surface area (Å²) < 4.78 is 5.53. The molecule has 2 fully saturated rings. The number of ether oxygens (including phenoxy) is 1. The number of aromatic nitrogens is 2. The second kappa shape index (κ2) is 8.39. The third-order valence-electron chi connectivity index (χ3n) is 4.81. The monoisotopic (exact) mass is 333 g/mol. The van der Waals surface area contributed by atoms with E-state index in [9.17, 15) is 4.79 Å². The van der Waals surface area contributed by atoms with Gasteiger partial charge in [0.2, 0.25) is 5.91 Å². The van der Waals surface area contributed by atoms with Crippen molar-refractivity contribution >= 4 is 11.7 Å². The highest BCUT2D eigenvalue weighted by Gasteiger charge is 2.27. The van der Waals surface area contributed by atoms with Crippen LogP contribution in [0, 0.1) is 0 Å². The van der Waals surface area contributed by atoms with Crippen molar-refractivity contribution in [3.05, 3.63) is 18.3 Å². The molecule has 1 aromatic heterocycles. The van der Waals surface area contributed by atoms with Crippen molar-refractivity contribution in [2.24, 2.45) is 0 Å². The van der Waals surface area contributed by atoms with Gasteiger partial charge in [-0.15, -0.1) is 5.10 Å². The summed E-state index contributed by atoms with van der Waals surface area (Å²) in [6.07, 6.45) is 6.25. The average molecular weight is 333 g/mol. The van der Waals surface area contributed by atoms with Gasteiger partial charge in [-0.1, -0.05) is 0 Å². The summed E-state index contributed by atoms with van der Waals surface area (Å²) in [6.45, 7) is 5.09. The van der Waals surface area contributed by atoms with Crippen LogP contribution in [0.25, 0.3) is 0 Å². The Morgan fingerprint density at radius 2 is 2.33 bits per heavy atom. The lowest BCUT2D eigenvalue weighted by molar-refractivity contribution is -0.123. The maximum Gasteiger partial charge on any atom is 0.236 e. The van der Waals surface area contributed by atoms with Crippen molar-refractivity contribution in [1.29, 1.82) is 0 Å². The maximum atomic E-state index is 12.2. The van der Waals surface area contributed by atoms with Crippen LogP contribution in [0.2, 0.25) is 0 Å². The molecule has 0 aromatic carbocycles. The summed E-state index contributed by atoms with van der Waals surface area (Å²) in [4.78, 5) is 14.5. The Kier molecular flexibility index (Phi) is 5.98. The van der Waals surface area contributed by atoms with Crippen LogP contribution in [-0.2, 0) is 9.53 Å². The summed E-state index contributed by atoms with van der Waals surface area (Å²) in [5.74, 6) is 0.951. The maximum absolute atomic E-state index is 12.2. The minimum absolute atomic E-state index is 0.0366. The molecule has 1 amide bonds. The molecule has 2 N–H and O–H groups in total. The number of hydrogen-bond acceptors (Lipinski definition) is 6. The van der Waals surface area contributed by atoms with Gasteiger partial charge in [0.1, 0.15) is 0 Å². The Bertz CT molecular complexity index is 521. The van der Waals surface area contributed by atoms with Crippen LogP contribution in [0.3, 0.4) is 0 Å². The lowest BCUT2D eigenvalue weighted by atomic mass is 10.2. The minimum atomic E-state index is -0.212. The largest absolute Gasteiger partial charge is 0.376 e. The average Bonchev–Trinajstić information content (AvgIpc) is 3.29. The van der Waals surface area contributed by atoms with E-state index in [-0.39, 0.29) is 18.1 Å². The molecular weight excluding hydrogens is 306 g/mol. The summed E-state index contributed by atoms with van der Waals surface area (Å²) >= 11 is 0. The Morgan fingerprint density at radius 3 is 3.08 bits per heavy atom. The van der Waals surface area contributed by atoms with E-state index >= 15 is 0 Å². The number of carbonyl (C=O) groups is 1. The number of nitrogens with zero attached hydrogens (tertiary/aromatic N) is 3.